The van der Waals surface area contributed by atoms with Crippen LogP contribution >= 0.6 is 0 Å². The Hall–Kier alpha value is -3.34. The molecule has 1 saturated heterocycles. The summed E-state index contributed by atoms with van der Waals surface area (Å²) in [5.74, 6) is 1.36. The van der Waals surface area contributed by atoms with Crippen LogP contribution in [0.3, 0.4) is 0 Å². The standard InChI is InChI=1S/C26H32N6O4/c1-17-12-18(2)23-19(13-17)14-22(26(33)27-23)24(25-28-29-30-32(25)8-11-34-3)31(15-20-6-4-9-35-20)16-21-7-5-10-36-21/h4,6,9,12-14,21,24H,5,7-8,10-11,15-16H2,1-3H3,(H,27,33)/t21-,24-/m1/s1. The molecule has 10 heteroatoms. The monoisotopic (exact) mass is 492 g/mol. The van der Waals surface area contributed by atoms with E-state index in [0.29, 0.717) is 37.6 Å². The number of furan rings is 1. The molecular weight excluding hydrogens is 460 g/mol. The van der Waals surface area contributed by atoms with E-state index in [-0.39, 0.29) is 11.7 Å². The predicted molar refractivity (Wildman–Crippen MR) is 134 cm³/mol. The highest BCUT2D eigenvalue weighted by Gasteiger charge is 2.33. The Morgan fingerprint density at radius 3 is 2.94 bits per heavy atom. The van der Waals surface area contributed by atoms with E-state index >= 15 is 0 Å². The maximum Gasteiger partial charge on any atom is 0.253 e. The van der Waals surface area contributed by atoms with Crippen LogP contribution in [0.15, 0.2) is 45.8 Å². The van der Waals surface area contributed by atoms with Crippen LogP contribution in [0, 0.1) is 13.8 Å². The normalized spacial score (nSPS) is 16.8. The van der Waals surface area contributed by atoms with Gasteiger partial charge in [0.2, 0.25) is 0 Å². The maximum absolute atomic E-state index is 13.6. The Balaban J connectivity index is 1.66. The third kappa shape index (κ3) is 5.11. The van der Waals surface area contributed by atoms with Gasteiger partial charge >= 0.3 is 0 Å². The minimum atomic E-state index is -0.528. The third-order valence-corrected chi connectivity index (χ3v) is 6.69. The number of hydrogen-bond acceptors (Lipinski definition) is 8. The van der Waals surface area contributed by atoms with Gasteiger partial charge in [-0.2, -0.15) is 0 Å². The number of benzene rings is 1. The Bertz CT molecular complexity index is 1360. The first kappa shape index (κ1) is 24.4. The molecule has 1 aliphatic heterocycles. The highest BCUT2D eigenvalue weighted by molar-refractivity contribution is 5.83. The van der Waals surface area contributed by atoms with Gasteiger partial charge in [-0.05, 0) is 72.3 Å². The summed E-state index contributed by atoms with van der Waals surface area (Å²) >= 11 is 0. The fraction of sp³-hybridized carbons (Fsp3) is 0.462. The summed E-state index contributed by atoms with van der Waals surface area (Å²) < 4.78 is 18.7. The molecule has 36 heavy (non-hydrogen) atoms. The van der Waals surface area contributed by atoms with Crippen molar-refractivity contribution in [2.24, 2.45) is 0 Å². The van der Waals surface area contributed by atoms with Crippen LogP contribution in [-0.4, -0.2) is 63.1 Å². The summed E-state index contributed by atoms with van der Waals surface area (Å²) in [7, 11) is 1.64. The Morgan fingerprint density at radius 1 is 1.31 bits per heavy atom. The molecule has 3 aromatic heterocycles. The van der Waals surface area contributed by atoms with Crippen molar-refractivity contribution < 1.29 is 13.9 Å². The van der Waals surface area contributed by atoms with Gasteiger partial charge in [-0.3, -0.25) is 9.69 Å². The predicted octanol–water partition coefficient (Wildman–Crippen LogP) is 3.14. The third-order valence-electron chi connectivity index (χ3n) is 6.69. The molecular formula is C26H32N6O4. The SMILES string of the molecule is COCCn1nnnc1[C@@H](c1cc2cc(C)cc(C)c2[nH]c1=O)N(Cc1ccco1)C[C@H]1CCCO1. The van der Waals surface area contributed by atoms with Crippen LogP contribution in [0.25, 0.3) is 10.9 Å². The van der Waals surface area contributed by atoms with Crippen molar-refractivity contribution in [2.45, 2.75) is 51.9 Å². The fourth-order valence-electron chi connectivity index (χ4n) is 5.06. The van der Waals surface area contributed by atoms with Crippen LogP contribution in [0.4, 0.5) is 0 Å². The molecule has 4 aromatic rings. The van der Waals surface area contributed by atoms with Crippen molar-refractivity contribution in [2.75, 3.05) is 26.9 Å². The number of fused-ring (bicyclic) bond motifs is 1. The lowest BCUT2D eigenvalue weighted by Gasteiger charge is -2.32. The van der Waals surface area contributed by atoms with E-state index in [9.17, 15) is 4.79 Å². The second kappa shape index (κ2) is 10.7. The molecule has 0 amide bonds. The number of methoxy groups -OCH3 is 1. The number of aryl methyl sites for hydroxylation is 2. The van der Waals surface area contributed by atoms with Gasteiger partial charge in [0, 0.05) is 25.8 Å². The molecule has 0 bridgehead atoms. The first-order valence-corrected chi connectivity index (χ1v) is 12.3. The first-order valence-electron chi connectivity index (χ1n) is 12.3. The van der Waals surface area contributed by atoms with Gasteiger partial charge in [0.25, 0.3) is 5.56 Å². The zero-order chi connectivity index (χ0) is 25.1. The number of aromatic nitrogens is 5. The van der Waals surface area contributed by atoms with Crippen molar-refractivity contribution in [3.63, 3.8) is 0 Å². The van der Waals surface area contributed by atoms with Crippen LogP contribution in [0.1, 0.15) is 47.2 Å². The van der Waals surface area contributed by atoms with Gasteiger partial charge < -0.3 is 18.9 Å². The molecule has 1 fully saturated rings. The van der Waals surface area contributed by atoms with Gasteiger partial charge in [0.1, 0.15) is 11.8 Å². The Morgan fingerprint density at radius 2 is 2.19 bits per heavy atom. The number of nitrogens with one attached hydrogen (secondary N) is 1. The Labute approximate surface area is 209 Å². The van der Waals surface area contributed by atoms with Crippen LogP contribution in [0.2, 0.25) is 0 Å². The topological polar surface area (TPSA) is 111 Å². The molecule has 0 saturated carbocycles. The lowest BCUT2D eigenvalue weighted by Crippen LogP contribution is -2.39. The van der Waals surface area contributed by atoms with E-state index < -0.39 is 6.04 Å². The average Bonchev–Trinajstić information content (AvgIpc) is 3.63. The van der Waals surface area contributed by atoms with E-state index in [2.05, 4.69) is 44.5 Å². The number of H-pyrrole nitrogens is 1. The molecule has 0 spiro atoms. The average molecular weight is 493 g/mol. The van der Waals surface area contributed by atoms with Crippen molar-refractivity contribution in [3.05, 3.63) is 75.2 Å². The van der Waals surface area contributed by atoms with Gasteiger partial charge in [-0.1, -0.05) is 11.6 Å². The molecule has 1 aromatic carbocycles. The molecule has 190 valence electrons. The van der Waals surface area contributed by atoms with E-state index in [4.69, 9.17) is 13.9 Å². The number of tetrazole rings is 1. The Kier molecular flexibility index (Phi) is 7.26. The summed E-state index contributed by atoms with van der Waals surface area (Å²) in [6, 6.07) is 9.40. The molecule has 5 rings (SSSR count). The van der Waals surface area contributed by atoms with Crippen molar-refractivity contribution in [1.82, 2.24) is 30.1 Å². The zero-order valence-electron chi connectivity index (χ0n) is 20.9. The molecule has 0 radical (unpaired) electrons. The van der Waals surface area contributed by atoms with Gasteiger partial charge in [0.05, 0.1) is 37.6 Å². The van der Waals surface area contributed by atoms with Crippen LogP contribution in [-0.2, 0) is 22.6 Å². The summed E-state index contributed by atoms with van der Waals surface area (Å²) in [6.45, 7) is 6.79. The second-order valence-corrected chi connectivity index (χ2v) is 9.40. The number of rotatable bonds is 10. The number of nitrogens with zero attached hydrogens (tertiary/aromatic N) is 5. The van der Waals surface area contributed by atoms with Gasteiger partial charge in [-0.15, -0.1) is 5.10 Å². The molecule has 1 N–H and O–H groups in total. The van der Waals surface area contributed by atoms with E-state index in [1.54, 1.807) is 18.1 Å². The largest absolute Gasteiger partial charge is 0.468 e. The van der Waals surface area contributed by atoms with Gasteiger partial charge in [0.15, 0.2) is 5.82 Å². The van der Waals surface area contributed by atoms with Crippen molar-refractivity contribution >= 4 is 10.9 Å². The van der Waals surface area contributed by atoms with E-state index in [1.165, 1.54) is 0 Å². The van der Waals surface area contributed by atoms with Gasteiger partial charge in [-0.25, -0.2) is 4.68 Å². The lowest BCUT2D eigenvalue weighted by molar-refractivity contribution is 0.0541. The van der Waals surface area contributed by atoms with Crippen LogP contribution in [0.5, 0.6) is 0 Å². The zero-order valence-corrected chi connectivity index (χ0v) is 20.9. The first-order chi connectivity index (χ1) is 17.5. The molecule has 1 aliphatic rings. The summed E-state index contributed by atoms with van der Waals surface area (Å²) in [5, 5.41) is 13.6. The summed E-state index contributed by atoms with van der Waals surface area (Å²) in [6.07, 6.45) is 3.69. The molecule has 4 heterocycles. The van der Waals surface area contributed by atoms with Crippen LogP contribution < -0.4 is 5.56 Å². The molecule has 10 nitrogen and oxygen atoms in total. The highest BCUT2D eigenvalue weighted by Crippen LogP contribution is 2.31. The molecule has 0 aliphatic carbocycles. The van der Waals surface area contributed by atoms with Crippen molar-refractivity contribution in [3.8, 4) is 0 Å². The quantitative estimate of drug-likeness (QED) is 0.359. The van der Waals surface area contributed by atoms with E-state index in [1.807, 2.05) is 25.1 Å². The minimum absolute atomic E-state index is 0.0507. The summed E-state index contributed by atoms with van der Waals surface area (Å²) in [4.78, 5) is 18.9. The maximum atomic E-state index is 13.6. The second-order valence-electron chi connectivity index (χ2n) is 9.40. The number of pyridine rings is 1. The number of aromatic amines is 1. The molecule has 2 atom stereocenters. The van der Waals surface area contributed by atoms with Crippen molar-refractivity contribution in [1.29, 1.82) is 0 Å². The molecule has 0 unspecified atom stereocenters. The smallest absolute Gasteiger partial charge is 0.253 e. The summed E-state index contributed by atoms with van der Waals surface area (Å²) in [5.41, 5.74) is 3.40. The number of ether oxygens (including phenoxy) is 2. The lowest BCUT2D eigenvalue weighted by atomic mass is 10.00. The minimum Gasteiger partial charge on any atom is -0.468 e. The highest BCUT2D eigenvalue weighted by atomic mass is 16.5. The number of hydrogen-bond donors (Lipinski definition) is 1. The van der Waals surface area contributed by atoms with E-state index in [0.717, 1.165) is 47.2 Å². The fourth-order valence-corrected chi connectivity index (χ4v) is 5.06.